The van der Waals surface area contributed by atoms with Gasteiger partial charge in [0.2, 0.25) is 5.78 Å². The smallest absolute Gasteiger partial charge is 0.394 e. The van der Waals surface area contributed by atoms with Crippen molar-refractivity contribution in [1.82, 2.24) is 0 Å². The topological polar surface area (TPSA) is 151 Å². The summed E-state index contributed by atoms with van der Waals surface area (Å²) >= 11 is 0. The monoisotopic (exact) mass is 374 g/mol. The molecule has 0 atom stereocenters. The third-order valence-corrected chi connectivity index (χ3v) is 3.62. The number of anilines is 1. The van der Waals surface area contributed by atoms with Crippen LogP contribution < -0.4 is 14.8 Å². The van der Waals surface area contributed by atoms with Gasteiger partial charge in [-0.15, -0.1) is 0 Å². The van der Waals surface area contributed by atoms with E-state index in [-0.39, 0.29) is 34.4 Å². The molecule has 27 heavy (non-hydrogen) atoms. The number of ether oxygens (including phenoxy) is 3. The third-order valence-electron chi connectivity index (χ3n) is 3.62. The van der Waals surface area contributed by atoms with Gasteiger partial charge < -0.3 is 19.5 Å². The number of cyclic esters (lactones) is 2. The molecule has 11 nitrogen and oxygen atoms in total. The Hall–Kier alpha value is -4.02. The molecule has 1 aliphatic rings. The number of ketones is 1. The van der Waals surface area contributed by atoms with Crippen LogP contribution in [0.5, 0.6) is 11.5 Å². The van der Waals surface area contributed by atoms with Crippen molar-refractivity contribution in [1.29, 1.82) is 0 Å². The van der Waals surface area contributed by atoms with E-state index in [1.165, 1.54) is 25.1 Å². The molecule has 11 heteroatoms. The zero-order chi connectivity index (χ0) is 19.7. The molecular weight excluding hydrogens is 364 g/mol. The predicted molar refractivity (Wildman–Crippen MR) is 87.7 cm³/mol. The zero-order valence-electron chi connectivity index (χ0n) is 13.6. The van der Waals surface area contributed by atoms with Crippen LogP contribution in [-0.2, 0) is 14.3 Å². The maximum absolute atomic E-state index is 11.9. The van der Waals surface area contributed by atoms with Crippen molar-refractivity contribution in [2.45, 2.75) is 13.3 Å². The molecule has 2 aromatic rings. The van der Waals surface area contributed by atoms with E-state index in [4.69, 9.17) is 9.47 Å². The minimum atomic E-state index is -1.42. The van der Waals surface area contributed by atoms with E-state index in [1.807, 2.05) is 0 Å². The Kier molecular flexibility index (Phi) is 4.42. The number of nitro benzene ring substituents is 1. The molecule has 1 amide bonds. The van der Waals surface area contributed by atoms with E-state index in [0.717, 1.165) is 6.07 Å². The average molecular weight is 374 g/mol. The Morgan fingerprint density at radius 3 is 2.41 bits per heavy atom. The first-order valence-electron chi connectivity index (χ1n) is 7.51. The van der Waals surface area contributed by atoms with Crippen molar-refractivity contribution >= 4 is 46.1 Å². The van der Waals surface area contributed by atoms with Crippen molar-refractivity contribution < 1.29 is 38.3 Å². The number of amides is 1. The molecule has 0 aliphatic carbocycles. The number of carbonyl (C=O) groups excluding carboxylic acids is 4. The molecule has 2 aromatic carbocycles. The Bertz CT molecular complexity index is 1030. The number of nitrogens with zero attached hydrogens (tertiary/aromatic N) is 1. The number of nitro groups is 1. The van der Waals surface area contributed by atoms with Gasteiger partial charge in [-0.05, 0) is 12.1 Å². The van der Waals surface area contributed by atoms with Crippen molar-refractivity contribution in [3.05, 3.63) is 34.4 Å². The van der Waals surface area contributed by atoms with Crippen molar-refractivity contribution in [3.8, 4) is 11.5 Å². The van der Waals surface area contributed by atoms with Gasteiger partial charge in [0.1, 0.15) is 17.2 Å². The minimum absolute atomic E-state index is 0.0472. The number of benzene rings is 2. The fraction of sp³-hybridized carbons (Fsp3) is 0.125. The Labute approximate surface area is 149 Å². The van der Waals surface area contributed by atoms with Crippen LogP contribution in [0.1, 0.15) is 13.3 Å². The molecule has 3 rings (SSSR count). The summed E-state index contributed by atoms with van der Waals surface area (Å²) in [6.07, 6.45) is -2.90. The van der Waals surface area contributed by atoms with Gasteiger partial charge in [0, 0.05) is 12.5 Å². The maximum atomic E-state index is 11.9. The summed E-state index contributed by atoms with van der Waals surface area (Å²) in [5.74, 6) is -2.27. The van der Waals surface area contributed by atoms with Gasteiger partial charge in [0.15, 0.2) is 0 Å². The highest BCUT2D eigenvalue weighted by Crippen LogP contribution is 2.44. The number of hydrogen-bond donors (Lipinski definition) is 1. The van der Waals surface area contributed by atoms with Crippen molar-refractivity contribution in [2.75, 3.05) is 5.32 Å². The first-order chi connectivity index (χ1) is 12.8. The lowest BCUT2D eigenvalue weighted by Gasteiger charge is -2.16. The van der Waals surface area contributed by atoms with Crippen LogP contribution in [0.2, 0.25) is 0 Å². The SMILES string of the molecule is CCC(=O)C(=O)Nc1cc2c3c(cccc3c1[N+](=O)[O-])OC(=O)OC(=O)O2. The molecule has 0 spiro atoms. The van der Waals surface area contributed by atoms with E-state index in [9.17, 15) is 29.3 Å². The third kappa shape index (κ3) is 3.25. The zero-order valence-corrected chi connectivity index (χ0v) is 13.6. The number of carbonyl (C=O) groups is 4. The molecule has 1 N–H and O–H groups in total. The van der Waals surface area contributed by atoms with Gasteiger partial charge in [0.05, 0.1) is 15.7 Å². The van der Waals surface area contributed by atoms with E-state index >= 15 is 0 Å². The van der Waals surface area contributed by atoms with Crippen LogP contribution in [0.4, 0.5) is 21.0 Å². The molecule has 0 aromatic heterocycles. The predicted octanol–water partition coefficient (Wildman–Crippen LogP) is 2.69. The normalized spacial score (nSPS) is 12.9. The van der Waals surface area contributed by atoms with Crippen LogP contribution in [-0.4, -0.2) is 28.9 Å². The van der Waals surface area contributed by atoms with Gasteiger partial charge in [-0.25, -0.2) is 9.59 Å². The summed E-state index contributed by atoms with van der Waals surface area (Å²) in [4.78, 5) is 57.3. The molecule has 0 radical (unpaired) electrons. The number of hydrogen-bond acceptors (Lipinski definition) is 9. The van der Waals surface area contributed by atoms with E-state index < -0.39 is 34.6 Å². The van der Waals surface area contributed by atoms with E-state index in [0.29, 0.717) is 0 Å². The summed E-state index contributed by atoms with van der Waals surface area (Å²) in [7, 11) is 0. The second-order valence-electron chi connectivity index (χ2n) is 5.24. The van der Waals surface area contributed by atoms with Crippen LogP contribution in [0, 0.1) is 10.1 Å². The van der Waals surface area contributed by atoms with Crippen LogP contribution in [0.15, 0.2) is 24.3 Å². The lowest BCUT2D eigenvalue weighted by Crippen LogP contribution is -2.23. The van der Waals surface area contributed by atoms with Crippen molar-refractivity contribution in [2.24, 2.45) is 0 Å². The highest BCUT2D eigenvalue weighted by atomic mass is 16.8. The van der Waals surface area contributed by atoms with Crippen LogP contribution in [0.25, 0.3) is 10.8 Å². The fourth-order valence-corrected chi connectivity index (χ4v) is 2.50. The molecule has 1 heterocycles. The molecule has 0 saturated carbocycles. The minimum Gasteiger partial charge on any atom is -0.394 e. The van der Waals surface area contributed by atoms with Gasteiger partial charge in [-0.2, -0.15) is 0 Å². The Morgan fingerprint density at radius 1 is 1.11 bits per heavy atom. The Balaban J connectivity index is 2.29. The first kappa shape index (κ1) is 17.8. The summed E-state index contributed by atoms with van der Waals surface area (Å²) in [6.45, 7) is 1.45. The molecule has 0 bridgehead atoms. The summed E-state index contributed by atoms with van der Waals surface area (Å²) in [5.41, 5.74) is -0.937. The lowest BCUT2D eigenvalue weighted by atomic mass is 10.0. The summed E-state index contributed by atoms with van der Waals surface area (Å²) < 4.78 is 14.0. The Morgan fingerprint density at radius 2 is 1.78 bits per heavy atom. The molecule has 0 saturated heterocycles. The maximum Gasteiger partial charge on any atom is 0.524 e. The second-order valence-corrected chi connectivity index (χ2v) is 5.24. The highest BCUT2D eigenvalue weighted by Gasteiger charge is 2.30. The van der Waals surface area contributed by atoms with Gasteiger partial charge in [-0.1, -0.05) is 13.0 Å². The quantitative estimate of drug-likeness (QED) is 0.213. The number of Topliss-reactive ketones (excluding diaryl/α,β-unsaturated/α-hetero) is 1. The molecule has 0 unspecified atom stereocenters. The number of nitrogens with one attached hydrogen (secondary N) is 1. The standard InChI is InChI=1S/C16H10N2O9/c1-2-9(19)14(20)17-8-6-11-12-7(13(8)18(23)24)4-3-5-10(12)25-15(21)27-16(22)26-11/h3-6H,2H2,1H3,(H,17,20). The fourth-order valence-electron chi connectivity index (χ4n) is 2.50. The van der Waals surface area contributed by atoms with E-state index in [1.54, 1.807) is 0 Å². The second kappa shape index (κ2) is 6.71. The molecular formula is C16H10N2O9. The molecule has 0 fully saturated rings. The highest BCUT2D eigenvalue weighted by molar-refractivity contribution is 6.41. The van der Waals surface area contributed by atoms with Crippen LogP contribution >= 0.6 is 0 Å². The molecule has 138 valence electrons. The van der Waals surface area contributed by atoms with Gasteiger partial charge in [0.25, 0.3) is 5.91 Å². The summed E-state index contributed by atoms with van der Waals surface area (Å²) in [6, 6.07) is 4.95. The first-order valence-corrected chi connectivity index (χ1v) is 7.51. The lowest BCUT2D eigenvalue weighted by molar-refractivity contribution is -0.382. The van der Waals surface area contributed by atoms with Gasteiger partial charge in [-0.3, -0.25) is 19.7 Å². The largest absolute Gasteiger partial charge is 0.524 e. The van der Waals surface area contributed by atoms with E-state index in [2.05, 4.69) is 10.1 Å². The molecule has 1 aliphatic heterocycles. The van der Waals surface area contributed by atoms with Crippen molar-refractivity contribution in [3.63, 3.8) is 0 Å². The average Bonchev–Trinajstić information content (AvgIpc) is 2.59. The number of rotatable bonds is 4. The van der Waals surface area contributed by atoms with Crippen LogP contribution in [0.3, 0.4) is 0 Å². The summed E-state index contributed by atoms with van der Waals surface area (Å²) in [5, 5.41) is 13.6. The van der Waals surface area contributed by atoms with Gasteiger partial charge >= 0.3 is 18.0 Å².